The van der Waals surface area contributed by atoms with Gasteiger partial charge in [0, 0.05) is 12.2 Å². The summed E-state index contributed by atoms with van der Waals surface area (Å²) >= 11 is 0. The van der Waals surface area contributed by atoms with Gasteiger partial charge in [0.1, 0.15) is 0 Å². The van der Waals surface area contributed by atoms with Gasteiger partial charge in [-0.05, 0) is 17.7 Å². The quantitative estimate of drug-likeness (QED) is 0.742. The molecule has 1 saturated heterocycles. The lowest BCUT2D eigenvalue weighted by atomic mass is 10.1. The number of rotatable bonds is 3. The Balaban J connectivity index is 2.02. The molecule has 0 bridgehead atoms. The molecule has 1 heterocycles. The second kappa shape index (κ2) is 5.84. The molecule has 1 fully saturated rings. The van der Waals surface area contributed by atoms with Crippen molar-refractivity contribution in [1.29, 1.82) is 0 Å². The number of aliphatic hydroxyl groups excluding tert-OH is 1. The first-order valence-electron chi connectivity index (χ1n) is 6.03. The Morgan fingerprint density at radius 1 is 1.56 bits per heavy atom. The molecular weight excluding hydrogens is 232 g/mol. The maximum Gasteiger partial charge on any atom is 0.227 e. The van der Waals surface area contributed by atoms with E-state index in [1.807, 2.05) is 12.1 Å². The van der Waals surface area contributed by atoms with Crippen molar-refractivity contribution in [1.82, 2.24) is 4.90 Å². The summed E-state index contributed by atoms with van der Waals surface area (Å²) in [6.07, 6.45) is 0.307. The number of nitrogens with two attached hydrogens (primary N) is 1. The standard InChI is InChI=1S/C13H18N2O3/c14-11-3-1-2-10(6-11)7-13(17)15-4-5-18-9-12(15)8-16/h1-3,6,12,16H,4-5,7-9,14H2. The molecule has 1 amide bonds. The van der Waals surface area contributed by atoms with Crippen LogP contribution in [0.15, 0.2) is 24.3 Å². The fourth-order valence-electron chi connectivity index (χ4n) is 2.11. The predicted octanol–water partition coefficient (Wildman–Crippen LogP) is 0.0310. The van der Waals surface area contributed by atoms with Gasteiger partial charge in [0.2, 0.25) is 5.91 Å². The van der Waals surface area contributed by atoms with Crippen LogP contribution in [0.1, 0.15) is 5.56 Å². The topological polar surface area (TPSA) is 75.8 Å². The maximum atomic E-state index is 12.2. The van der Waals surface area contributed by atoms with E-state index < -0.39 is 0 Å². The van der Waals surface area contributed by atoms with E-state index in [9.17, 15) is 9.90 Å². The van der Waals surface area contributed by atoms with Crippen LogP contribution >= 0.6 is 0 Å². The summed E-state index contributed by atoms with van der Waals surface area (Å²) in [5, 5.41) is 9.23. The largest absolute Gasteiger partial charge is 0.399 e. The zero-order valence-electron chi connectivity index (χ0n) is 10.2. The first-order valence-corrected chi connectivity index (χ1v) is 6.03. The highest BCUT2D eigenvalue weighted by atomic mass is 16.5. The van der Waals surface area contributed by atoms with Gasteiger partial charge in [-0.2, -0.15) is 0 Å². The number of hydrogen-bond acceptors (Lipinski definition) is 4. The average molecular weight is 250 g/mol. The molecule has 0 aromatic heterocycles. The number of nitrogens with zero attached hydrogens (tertiary/aromatic N) is 1. The van der Waals surface area contributed by atoms with Crippen molar-refractivity contribution in [3.8, 4) is 0 Å². The molecule has 0 saturated carbocycles. The molecule has 1 aliphatic rings. The lowest BCUT2D eigenvalue weighted by Gasteiger charge is -2.34. The molecule has 0 aliphatic carbocycles. The molecule has 98 valence electrons. The molecule has 1 unspecified atom stereocenters. The van der Waals surface area contributed by atoms with Crippen LogP contribution in [0.3, 0.4) is 0 Å². The molecule has 0 radical (unpaired) electrons. The number of carbonyl (C=O) groups is 1. The van der Waals surface area contributed by atoms with Crippen LogP contribution in [0.5, 0.6) is 0 Å². The van der Waals surface area contributed by atoms with Gasteiger partial charge < -0.3 is 20.5 Å². The molecule has 1 aromatic rings. The summed E-state index contributed by atoms with van der Waals surface area (Å²) in [4.78, 5) is 13.9. The van der Waals surface area contributed by atoms with E-state index in [4.69, 9.17) is 10.5 Å². The van der Waals surface area contributed by atoms with E-state index >= 15 is 0 Å². The zero-order valence-corrected chi connectivity index (χ0v) is 10.2. The highest BCUT2D eigenvalue weighted by Crippen LogP contribution is 2.12. The van der Waals surface area contributed by atoms with Crippen LogP contribution < -0.4 is 5.73 Å². The molecule has 2 rings (SSSR count). The SMILES string of the molecule is Nc1cccc(CC(=O)N2CCOCC2CO)c1. The van der Waals surface area contributed by atoms with Crippen molar-refractivity contribution < 1.29 is 14.6 Å². The summed E-state index contributed by atoms with van der Waals surface area (Å²) < 4.78 is 5.25. The molecule has 18 heavy (non-hydrogen) atoms. The minimum absolute atomic E-state index is 0.00273. The normalized spacial score (nSPS) is 19.8. The van der Waals surface area contributed by atoms with Gasteiger partial charge in [-0.15, -0.1) is 0 Å². The molecule has 1 aromatic carbocycles. The lowest BCUT2D eigenvalue weighted by Crippen LogP contribution is -2.51. The van der Waals surface area contributed by atoms with Crippen molar-refractivity contribution in [2.75, 3.05) is 32.1 Å². The molecule has 1 atom stereocenters. The van der Waals surface area contributed by atoms with Gasteiger partial charge in [0.05, 0.1) is 32.3 Å². The number of aliphatic hydroxyl groups is 1. The van der Waals surface area contributed by atoms with Crippen LogP contribution in [0, 0.1) is 0 Å². The summed E-state index contributed by atoms with van der Waals surface area (Å²) in [6, 6.07) is 7.07. The van der Waals surface area contributed by atoms with E-state index in [1.165, 1.54) is 0 Å². The first-order chi connectivity index (χ1) is 8.70. The Kier molecular flexibility index (Phi) is 4.17. The summed E-state index contributed by atoms with van der Waals surface area (Å²) in [7, 11) is 0. The number of amides is 1. The number of carbonyl (C=O) groups excluding carboxylic acids is 1. The Bertz CT molecular complexity index is 422. The molecule has 0 spiro atoms. The van der Waals surface area contributed by atoms with E-state index in [-0.39, 0.29) is 18.6 Å². The van der Waals surface area contributed by atoms with Gasteiger partial charge in [0.25, 0.3) is 0 Å². The Hall–Kier alpha value is -1.59. The third kappa shape index (κ3) is 3.00. The predicted molar refractivity (Wildman–Crippen MR) is 68.0 cm³/mol. The van der Waals surface area contributed by atoms with E-state index in [1.54, 1.807) is 17.0 Å². The molecular formula is C13H18N2O3. The van der Waals surface area contributed by atoms with Gasteiger partial charge in [0.15, 0.2) is 0 Å². The van der Waals surface area contributed by atoms with E-state index in [2.05, 4.69) is 0 Å². The van der Waals surface area contributed by atoms with Crippen LogP contribution in [0.25, 0.3) is 0 Å². The number of anilines is 1. The number of hydrogen-bond donors (Lipinski definition) is 2. The smallest absolute Gasteiger partial charge is 0.227 e. The van der Waals surface area contributed by atoms with Gasteiger partial charge in [-0.3, -0.25) is 4.79 Å². The minimum Gasteiger partial charge on any atom is -0.399 e. The average Bonchev–Trinajstić information content (AvgIpc) is 2.38. The van der Waals surface area contributed by atoms with Crippen molar-refractivity contribution >= 4 is 11.6 Å². The third-order valence-electron chi connectivity index (χ3n) is 3.07. The number of morpholine rings is 1. The minimum atomic E-state index is -0.229. The number of benzene rings is 1. The van der Waals surface area contributed by atoms with Gasteiger partial charge in [-0.25, -0.2) is 0 Å². The third-order valence-corrected chi connectivity index (χ3v) is 3.07. The monoisotopic (exact) mass is 250 g/mol. The zero-order chi connectivity index (χ0) is 13.0. The number of nitrogen functional groups attached to an aromatic ring is 1. The maximum absolute atomic E-state index is 12.2. The van der Waals surface area contributed by atoms with Crippen molar-refractivity contribution in [2.45, 2.75) is 12.5 Å². The Morgan fingerprint density at radius 3 is 3.11 bits per heavy atom. The second-order valence-electron chi connectivity index (χ2n) is 4.42. The molecule has 5 nitrogen and oxygen atoms in total. The Labute approximate surface area is 106 Å². The fraction of sp³-hybridized carbons (Fsp3) is 0.462. The van der Waals surface area contributed by atoms with Crippen LogP contribution in [-0.4, -0.2) is 48.3 Å². The second-order valence-corrected chi connectivity index (χ2v) is 4.42. The lowest BCUT2D eigenvalue weighted by molar-refractivity contribution is -0.140. The molecule has 3 N–H and O–H groups in total. The fourth-order valence-corrected chi connectivity index (χ4v) is 2.11. The van der Waals surface area contributed by atoms with Crippen LogP contribution in [0.2, 0.25) is 0 Å². The van der Waals surface area contributed by atoms with Crippen LogP contribution in [0.4, 0.5) is 5.69 Å². The van der Waals surface area contributed by atoms with Gasteiger partial charge in [-0.1, -0.05) is 12.1 Å². The molecule has 1 aliphatic heterocycles. The van der Waals surface area contributed by atoms with Crippen LogP contribution in [-0.2, 0) is 16.0 Å². The first kappa shape index (κ1) is 12.9. The van der Waals surface area contributed by atoms with Gasteiger partial charge >= 0.3 is 0 Å². The van der Waals surface area contributed by atoms with E-state index in [0.717, 1.165) is 5.56 Å². The number of ether oxygens (including phenoxy) is 1. The Morgan fingerprint density at radius 2 is 2.39 bits per heavy atom. The highest BCUT2D eigenvalue weighted by Gasteiger charge is 2.26. The summed E-state index contributed by atoms with van der Waals surface area (Å²) in [5.41, 5.74) is 7.23. The summed E-state index contributed by atoms with van der Waals surface area (Å²) in [6.45, 7) is 1.40. The van der Waals surface area contributed by atoms with Crippen molar-refractivity contribution in [3.05, 3.63) is 29.8 Å². The van der Waals surface area contributed by atoms with E-state index in [0.29, 0.717) is 31.9 Å². The van der Waals surface area contributed by atoms with Crippen molar-refractivity contribution in [3.63, 3.8) is 0 Å². The molecule has 5 heteroatoms. The summed E-state index contributed by atoms with van der Waals surface area (Å²) in [5.74, 6) is 0.00273. The van der Waals surface area contributed by atoms with Crippen molar-refractivity contribution in [2.24, 2.45) is 0 Å². The highest BCUT2D eigenvalue weighted by molar-refractivity contribution is 5.79.